The van der Waals surface area contributed by atoms with E-state index in [1.54, 1.807) is 0 Å². The van der Waals surface area contributed by atoms with Crippen molar-refractivity contribution < 1.29 is 13.2 Å². The largest absolute Gasteiger partial charge is 0.378 e. The fraction of sp³-hybridized carbons (Fsp3) is 1.00. The van der Waals surface area contributed by atoms with Gasteiger partial charge in [-0.15, -0.1) is 0 Å². The summed E-state index contributed by atoms with van der Waals surface area (Å²) in [5.41, 5.74) is 5.41. The zero-order chi connectivity index (χ0) is 13.5. The predicted octanol–water partition coefficient (Wildman–Crippen LogP) is 0.800. The first-order valence-corrected chi connectivity index (χ1v) is 7.73. The van der Waals surface area contributed by atoms with Crippen molar-refractivity contribution in [2.24, 2.45) is 5.73 Å². The van der Waals surface area contributed by atoms with E-state index in [1.165, 1.54) is 4.31 Å². The molecule has 104 valence electrons. The van der Waals surface area contributed by atoms with Gasteiger partial charge < -0.3 is 10.5 Å². The molecule has 0 aliphatic rings. The van der Waals surface area contributed by atoms with Crippen LogP contribution in [0.1, 0.15) is 34.1 Å². The highest BCUT2D eigenvalue weighted by Crippen LogP contribution is 2.08. The van der Waals surface area contributed by atoms with Crippen molar-refractivity contribution >= 4 is 10.0 Å². The van der Waals surface area contributed by atoms with Crippen LogP contribution < -0.4 is 5.73 Å². The Labute approximate surface area is 105 Å². The predicted molar refractivity (Wildman–Crippen MR) is 70.4 cm³/mol. The van der Waals surface area contributed by atoms with Crippen LogP contribution in [0.15, 0.2) is 0 Å². The fourth-order valence-corrected chi connectivity index (χ4v) is 3.06. The van der Waals surface area contributed by atoms with E-state index in [0.717, 1.165) is 0 Å². The third kappa shape index (κ3) is 6.98. The summed E-state index contributed by atoms with van der Waals surface area (Å²) in [5, 5.41) is 0. The Bertz CT molecular complexity index is 289. The van der Waals surface area contributed by atoms with E-state index in [9.17, 15) is 8.42 Å². The second-order valence-electron chi connectivity index (χ2n) is 4.58. The summed E-state index contributed by atoms with van der Waals surface area (Å²) in [7, 11) is -3.24. The third-order valence-corrected chi connectivity index (χ3v) is 4.31. The summed E-state index contributed by atoms with van der Waals surface area (Å²) in [6, 6.07) is -0.0365. The highest BCUT2D eigenvalue weighted by Gasteiger charge is 2.24. The maximum atomic E-state index is 12.1. The molecular weight excluding hydrogens is 240 g/mol. The molecule has 0 aliphatic carbocycles. The minimum absolute atomic E-state index is 0.0356. The van der Waals surface area contributed by atoms with Gasteiger partial charge in [0.2, 0.25) is 10.0 Å². The molecule has 0 saturated heterocycles. The Hall–Kier alpha value is -0.170. The Morgan fingerprint density at radius 1 is 1.24 bits per heavy atom. The maximum Gasteiger partial charge on any atom is 0.216 e. The molecule has 0 aromatic carbocycles. The van der Waals surface area contributed by atoms with Gasteiger partial charge in [-0.1, -0.05) is 0 Å². The lowest BCUT2D eigenvalue weighted by Crippen LogP contribution is -2.40. The van der Waals surface area contributed by atoms with E-state index >= 15 is 0 Å². The van der Waals surface area contributed by atoms with E-state index in [1.807, 2.05) is 27.7 Å². The Kier molecular flexibility index (Phi) is 7.94. The molecule has 0 heterocycles. The van der Waals surface area contributed by atoms with Gasteiger partial charge in [0.15, 0.2) is 0 Å². The second-order valence-corrected chi connectivity index (χ2v) is 6.62. The highest BCUT2D eigenvalue weighted by atomic mass is 32.2. The third-order valence-electron chi connectivity index (χ3n) is 2.31. The molecule has 0 saturated carbocycles. The van der Waals surface area contributed by atoms with Gasteiger partial charge >= 0.3 is 0 Å². The first kappa shape index (κ1) is 16.8. The van der Waals surface area contributed by atoms with Gasteiger partial charge in [-0.2, -0.15) is 4.31 Å². The van der Waals surface area contributed by atoms with E-state index in [0.29, 0.717) is 19.5 Å². The number of ether oxygens (including phenoxy) is 1. The monoisotopic (exact) mass is 266 g/mol. The highest BCUT2D eigenvalue weighted by molar-refractivity contribution is 7.89. The molecule has 0 atom stereocenters. The number of hydrogen-bond donors (Lipinski definition) is 1. The Morgan fingerprint density at radius 2 is 1.82 bits per heavy atom. The van der Waals surface area contributed by atoms with E-state index in [4.69, 9.17) is 10.5 Å². The van der Waals surface area contributed by atoms with E-state index < -0.39 is 10.0 Å². The minimum atomic E-state index is -3.24. The lowest BCUT2D eigenvalue weighted by molar-refractivity contribution is 0.0905. The zero-order valence-corrected chi connectivity index (χ0v) is 12.2. The number of hydrogen-bond acceptors (Lipinski definition) is 4. The molecule has 0 aliphatic heterocycles. The van der Waals surface area contributed by atoms with Gasteiger partial charge in [-0.25, -0.2) is 8.42 Å². The number of sulfonamides is 1. The molecule has 0 radical (unpaired) electrons. The molecule has 0 fully saturated rings. The van der Waals surface area contributed by atoms with Crippen LogP contribution in [0.25, 0.3) is 0 Å². The van der Waals surface area contributed by atoms with Gasteiger partial charge in [0.1, 0.15) is 0 Å². The quantitative estimate of drug-likeness (QED) is 0.670. The molecule has 0 bridgehead atoms. The molecule has 5 nitrogen and oxygen atoms in total. The minimum Gasteiger partial charge on any atom is -0.378 e. The topological polar surface area (TPSA) is 72.6 Å². The zero-order valence-electron chi connectivity index (χ0n) is 11.3. The molecule has 0 amide bonds. The average Bonchev–Trinajstić information content (AvgIpc) is 2.16. The molecule has 0 aromatic rings. The standard InChI is InChI=1S/C11H26N2O3S/c1-10(2)13(7-5-6-12)17(14,15)9-8-16-11(3)4/h10-11H,5-9,12H2,1-4H3. The lowest BCUT2D eigenvalue weighted by atomic mass is 10.3. The molecule has 2 N–H and O–H groups in total. The first-order valence-electron chi connectivity index (χ1n) is 6.12. The maximum absolute atomic E-state index is 12.1. The molecule has 0 aromatic heterocycles. The van der Waals surface area contributed by atoms with Gasteiger partial charge in [-0.05, 0) is 40.7 Å². The molecule has 0 spiro atoms. The van der Waals surface area contributed by atoms with Crippen molar-refractivity contribution in [3.05, 3.63) is 0 Å². The number of nitrogens with two attached hydrogens (primary N) is 1. The van der Waals surface area contributed by atoms with Crippen LogP contribution >= 0.6 is 0 Å². The van der Waals surface area contributed by atoms with Crippen LogP contribution in [-0.2, 0) is 14.8 Å². The van der Waals surface area contributed by atoms with Gasteiger partial charge in [0.25, 0.3) is 0 Å². The van der Waals surface area contributed by atoms with Gasteiger partial charge in [0.05, 0.1) is 18.5 Å². The van der Waals surface area contributed by atoms with Crippen LogP contribution in [0.3, 0.4) is 0 Å². The Balaban J connectivity index is 4.39. The normalized spacial score (nSPS) is 12.9. The van der Waals surface area contributed by atoms with Crippen LogP contribution in [0.2, 0.25) is 0 Å². The molecule has 6 heteroatoms. The number of nitrogens with zero attached hydrogens (tertiary/aromatic N) is 1. The summed E-state index contributed by atoms with van der Waals surface area (Å²) in [6.45, 7) is 8.75. The molecule has 0 unspecified atom stereocenters. The fourth-order valence-electron chi connectivity index (χ4n) is 1.47. The average molecular weight is 266 g/mol. The van der Waals surface area contributed by atoms with Crippen molar-refractivity contribution in [1.82, 2.24) is 4.31 Å². The summed E-state index contributed by atoms with van der Waals surface area (Å²) >= 11 is 0. The summed E-state index contributed by atoms with van der Waals surface area (Å²) in [5.74, 6) is 0.0356. The van der Waals surface area contributed by atoms with Gasteiger partial charge in [-0.3, -0.25) is 0 Å². The van der Waals surface area contributed by atoms with Crippen molar-refractivity contribution in [3.63, 3.8) is 0 Å². The van der Waals surface area contributed by atoms with Crippen molar-refractivity contribution in [2.75, 3.05) is 25.4 Å². The number of rotatable bonds is 9. The second kappa shape index (κ2) is 8.02. The van der Waals surface area contributed by atoms with E-state index in [2.05, 4.69) is 0 Å². The molecule has 0 rings (SSSR count). The van der Waals surface area contributed by atoms with Crippen LogP contribution in [0.4, 0.5) is 0 Å². The lowest BCUT2D eigenvalue weighted by Gasteiger charge is -2.25. The summed E-state index contributed by atoms with van der Waals surface area (Å²) in [4.78, 5) is 0. The van der Waals surface area contributed by atoms with E-state index in [-0.39, 0.29) is 24.5 Å². The van der Waals surface area contributed by atoms with Crippen molar-refractivity contribution in [1.29, 1.82) is 0 Å². The van der Waals surface area contributed by atoms with Crippen molar-refractivity contribution in [3.8, 4) is 0 Å². The summed E-state index contributed by atoms with van der Waals surface area (Å²) in [6.07, 6.45) is 0.740. The first-order chi connectivity index (χ1) is 7.81. The van der Waals surface area contributed by atoms with Crippen LogP contribution in [-0.4, -0.2) is 50.3 Å². The summed E-state index contributed by atoms with van der Waals surface area (Å²) < 4.78 is 30.9. The van der Waals surface area contributed by atoms with Crippen LogP contribution in [0, 0.1) is 0 Å². The SMILES string of the molecule is CC(C)OCCS(=O)(=O)N(CCCN)C(C)C. The smallest absolute Gasteiger partial charge is 0.216 e. The Morgan fingerprint density at radius 3 is 2.24 bits per heavy atom. The van der Waals surface area contributed by atoms with Gasteiger partial charge in [0, 0.05) is 12.6 Å². The molecular formula is C11H26N2O3S. The van der Waals surface area contributed by atoms with Crippen LogP contribution in [0.5, 0.6) is 0 Å². The van der Waals surface area contributed by atoms with Crippen molar-refractivity contribution in [2.45, 2.75) is 46.3 Å². The molecule has 17 heavy (non-hydrogen) atoms.